The summed E-state index contributed by atoms with van der Waals surface area (Å²) >= 11 is 0. The minimum atomic E-state index is -3.88. The Morgan fingerprint density at radius 2 is 1.74 bits per heavy atom. The van der Waals surface area contributed by atoms with Crippen molar-refractivity contribution in [3.8, 4) is 0 Å². The number of ketones is 2. The van der Waals surface area contributed by atoms with Gasteiger partial charge in [0.1, 0.15) is 11.6 Å². The molecular weight excluding hydrogens is 384 g/mol. The largest absolute Gasteiger partial charge is 0.299 e. The molecule has 2 unspecified atom stereocenters. The van der Waals surface area contributed by atoms with E-state index < -0.39 is 25.8 Å². The zero-order valence-electron chi connectivity index (χ0n) is 17.1. The van der Waals surface area contributed by atoms with Crippen LogP contribution in [0.15, 0.2) is 0 Å². The smallest absolute Gasteiger partial charge is 0.277 e. The lowest BCUT2D eigenvalue weighted by atomic mass is 9.70. The number of carbonyl (C=O) groups is 2. The van der Waals surface area contributed by atoms with Crippen molar-refractivity contribution in [2.45, 2.75) is 65.2 Å². The van der Waals surface area contributed by atoms with E-state index in [1.165, 1.54) is 6.42 Å². The van der Waals surface area contributed by atoms with Gasteiger partial charge in [-0.3, -0.25) is 9.59 Å². The van der Waals surface area contributed by atoms with Gasteiger partial charge in [-0.25, -0.2) is 3.63 Å². The summed E-state index contributed by atoms with van der Waals surface area (Å²) in [4.78, 5) is 25.3. The van der Waals surface area contributed by atoms with Crippen molar-refractivity contribution in [2.75, 3.05) is 24.0 Å². The first-order valence-corrected chi connectivity index (χ1v) is 14.2. The molecule has 0 aromatic rings. The summed E-state index contributed by atoms with van der Waals surface area (Å²) in [5.41, 5.74) is -1.13. The Hall–Kier alpha value is -0.400. The van der Waals surface area contributed by atoms with Gasteiger partial charge in [-0.15, -0.1) is 10.3 Å². The number of rotatable bonds is 7. The quantitative estimate of drug-likeness (QED) is 0.627. The summed E-state index contributed by atoms with van der Waals surface area (Å²) in [5, 5.41) is 0. The van der Waals surface area contributed by atoms with E-state index in [2.05, 4.69) is 0 Å². The highest BCUT2D eigenvalue weighted by molar-refractivity contribution is 8.32. The lowest BCUT2D eigenvalue weighted by molar-refractivity contribution is -0.128. The zero-order chi connectivity index (χ0) is 20.1. The lowest BCUT2D eigenvalue weighted by Gasteiger charge is -2.38. The van der Waals surface area contributed by atoms with Crippen LogP contribution in [0.3, 0.4) is 0 Å². The van der Waals surface area contributed by atoms with Crippen LogP contribution in [0.1, 0.15) is 65.2 Å². The van der Waals surface area contributed by atoms with Gasteiger partial charge >= 0.3 is 0 Å². The van der Waals surface area contributed by atoms with E-state index >= 15 is 0 Å². The number of carbonyl (C=O) groups excluding carboxylic acids is 2. The maximum atomic E-state index is 12.9. The first kappa shape index (κ1) is 21.3. The fourth-order valence-corrected chi connectivity index (χ4v) is 10.5. The molecule has 0 N–H and O–H groups in total. The molecule has 5 nitrogen and oxygen atoms in total. The standard InChI is InChI=1S/C20H34O5S2/c1-19(2)16-10-11-20(19,18(22)12-16)14-27(23,24)25-26(3,4)13-17(21)15-8-6-5-7-9-15/h15-16H,5-14H2,1-4H3. The summed E-state index contributed by atoms with van der Waals surface area (Å²) in [7, 11) is -5.94. The second-order valence-corrected chi connectivity index (χ2v) is 14.9. The van der Waals surface area contributed by atoms with Crippen molar-refractivity contribution < 1.29 is 21.6 Å². The molecule has 3 rings (SSSR count). The second kappa shape index (κ2) is 7.13. The minimum absolute atomic E-state index is 0.0568. The Kier molecular flexibility index (Phi) is 5.63. The summed E-state index contributed by atoms with van der Waals surface area (Å²) in [6.45, 7) is 4.05. The fourth-order valence-electron chi connectivity index (χ4n) is 5.62. The number of hydrogen-bond acceptors (Lipinski definition) is 5. The van der Waals surface area contributed by atoms with E-state index in [1.54, 1.807) is 12.5 Å². The highest BCUT2D eigenvalue weighted by atomic mass is 32.3. The van der Waals surface area contributed by atoms with Crippen LogP contribution < -0.4 is 0 Å². The summed E-state index contributed by atoms with van der Waals surface area (Å²) in [6, 6.07) is 0. The van der Waals surface area contributed by atoms with Crippen LogP contribution in [-0.4, -0.2) is 44.0 Å². The molecule has 0 aromatic heterocycles. The van der Waals surface area contributed by atoms with E-state index in [0.29, 0.717) is 12.8 Å². The molecule has 0 heterocycles. The van der Waals surface area contributed by atoms with E-state index in [-0.39, 0.29) is 40.3 Å². The minimum Gasteiger partial charge on any atom is -0.299 e. The second-order valence-electron chi connectivity index (χ2n) is 9.82. The normalized spacial score (nSPS) is 32.0. The van der Waals surface area contributed by atoms with Crippen LogP contribution in [0.5, 0.6) is 0 Å². The molecule has 0 radical (unpaired) electrons. The molecule has 2 bridgehead atoms. The predicted molar refractivity (Wildman–Crippen MR) is 109 cm³/mol. The summed E-state index contributed by atoms with van der Waals surface area (Å²) in [6.07, 6.45) is 10.7. The van der Waals surface area contributed by atoms with E-state index in [4.69, 9.17) is 3.63 Å². The molecule has 156 valence electrons. The van der Waals surface area contributed by atoms with E-state index in [9.17, 15) is 18.0 Å². The maximum absolute atomic E-state index is 12.9. The Labute approximate surface area is 165 Å². The Bertz CT molecular complexity index is 719. The average molecular weight is 419 g/mol. The lowest BCUT2D eigenvalue weighted by Crippen LogP contribution is -2.42. The van der Waals surface area contributed by atoms with Gasteiger partial charge in [-0.2, -0.15) is 8.42 Å². The third-order valence-electron chi connectivity index (χ3n) is 7.40. The van der Waals surface area contributed by atoms with Crippen molar-refractivity contribution in [2.24, 2.45) is 22.7 Å². The molecular formula is C20H34O5S2. The van der Waals surface area contributed by atoms with Gasteiger partial charge in [0.25, 0.3) is 10.1 Å². The fraction of sp³-hybridized carbons (Fsp3) is 0.900. The molecule has 3 fully saturated rings. The molecule has 27 heavy (non-hydrogen) atoms. The van der Waals surface area contributed by atoms with Gasteiger partial charge in [0.15, 0.2) is 0 Å². The number of fused-ring (bicyclic) bond motifs is 2. The molecule has 3 saturated carbocycles. The third kappa shape index (κ3) is 4.01. The summed E-state index contributed by atoms with van der Waals surface area (Å²) < 4.78 is 31.4. The Balaban J connectivity index is 1.68. The molecule has 0 aliphatic heterocycles. The summed E-state index contributed by atoms with van der Waals surface area (Å²) in [5.74, 6) is 0.485. The monoisotopic (exact) mass is 418 g/mol. The Morgan fingerprint density at radius 3 is 2.26 bits per heavy atom. The van der Waals surface area contributed by atoms with Gasteiger partial charge in [-0.1, -0.05) is 33.1 Å². The van der Waals surface area contributed by atoms with Gasteiger partial charge in [-0.05, 0) is 49.5 Å². The molecule has 7 heteroatoms. The molecule has 2 atom stereocenters. The highest BCUT2D eigenvalue weighted by Crippen LogP contribution is 2.64. The van der Waals surface area contributed by atoms with Crippen molar-refractivity contribution in [1.29, 1.82) is 0 Å². The zero-order valence-corrected chi connectivity index (χ0v) is 18.7. The molecule has 0 saturated heterocycles. The van der Waals surface area contributed by atoms with Gasteiger partial charge in [0.2, 0.25) is 0 Å². The first-order chi connectivity index (χ1) is 12.4. The van der Waals surface area contributed by atoms with Crippen molar-refractivity contribution >= 4 is 32.0 Å². The van der Waals surface area contributed by atoms with E-state index in [0.717, 1.165) is 32.1 Å². The van der Waals surface area contributed by atoms with Gasteiger partial charge in [0, 0.05) is 12.3 Å². The number of Topliss-reactive ketones (excluding diaryl/α,β-unsaturated/α-hetero) is 2. The third-order valence-corrected chi connectivity index (χ3v) is 11.5. The number of hydrogen-bond donors (Lipinski definition) is 0. The van der Waals surface area contributed by atoms with Crippen molar-refractivity contribution in [1.82, 2.24) is 0 Å². The Morgan fingerprint density at radius 1 is 1.11 bits per heavy atom. The van der Waals surface area contributed by atoms with Crippen LogP contribution in [0.25, 0.3) is 0 Å². The van der Waals surface area contributed by atoms with Crippen LogP contribution in [-0.2, 0) is 23.3 Å². The van der Waals surface area contributed by atoms with Crippen LogP contribution in [0.4, 0.5) is 0 Å². The van der Waals surface area contributed by atoms with Crippen LogP contribution >= 0.6 is 10.3 Å². The molecule has 3 aliphatic rings. The van der Waals surface area contributed by atoms with Crippen molar-refractivity contribution in [3.05, 3.63) is 0 Å². The molecule has 0 spiro atoms. The SMILES string of the molecule is CC1(C)C2CCC1(CS(=O)(=O)OS(C)(C)CC(=O)C1CCCCC1)C(=O)C2. The van der Waals surface area contributed by atoms with Crippen LogP contribution in [0.2, 0.25) is 0 Å². The molecule has 0 amide bonds. The molecule has 3 aliphatic carbocycles. The van der Waals surface area contributed by atoms with Gasteiger partial charge in [0.05, 0.1) is 16.9 Å². The van der Waals surface area contributed by atoms with Crippen molar-refractivity contribution in [3.63, 3.8) is 0 Å². The average Bonchev–Trinajstić information content (AvgIpc) is 2.87. The maximum Gasteiger partial charge on any atom is 0.277 e. The van der Waals surface area contributed by atoms with Crippen LogP contribution in [0, 0.1) is 22.7 Å². The highest BCUT2D eigenvalue weighted by Gasteiger charge is 2.65. The predicted octanol–water partition coefficient (Wildman–Crippen LogP) is 3.86. The topological polar surface area (TPSA) is 77.5 Å². The molecule has 0 aromatic carbocycles. The van der Waals surface area contributed by atoms with Gasteiger partial charge < -0.3 is 0 Å². The van der Waals surface area contributed by atoms with E-state index in [1.807, 2.05) is 13.8 Å². The first-order valence-electron chi connectivity index (χ1n) is 10.1.